The molecule has 0 aliphatic carbocycles. The molecule has 1 N–H and O–H groups in total. The topological polar surface area (TPSA) is 74.6 Å². The largest absolute Gasteiger partial charge is 0.493 e. The van der Waals surface area contributed by atoms with Crippen molar-refractivity contribution >= 4 is 5.91 Å². The Kier molecular flexibility index (Phi) is 5.46. The number of carbonyl (C=O) groups is 1. The fourth-order valence-electron chi connectivity index (χ4n) is 2.25. The van der Waals surface area contributed by atoms with E-state index in [0.717, 1.165) is 0 Å². The third kappa shape index (κ3) is 3.56. The number of amides is 1. The predicted octanol–water partition coefficient (Wildman–Crippen LogP) is 1.90. The van der Waals surface area contributed by atoms with Gasteiger partial charge in [-0.25, -0.2) is 4.98 Å². The highest BCUT2D eigenvalue weighted by Gasteiger charge is 2.20. The summed E-state index contributed by atoms with van der Waals surface area (Å²) in [5.74, 6) is 1.01. The molecule has 1 aromatic heterocycles. The highest BCUT2D eigenvalue weighted by atomic mass is 16.5. The van der Waals surface area contributed by atoms with Gasteiger partial charge in [-0.1, -0.05) is 0 Å². The number of hydrogen-bond acceptors (Lipinski definition) is 5. The molecule has 7 heteroatoms. The summed E-state index contributed by atoms with van der Waals surface area (Å²) in [5.41, 5.74) is 0.392. The van der Waals surface area contributed by atoms with Gasteiger partial charge in [0.1, 0.15) is 0 Å². The summed E-state index contributed by atoms with van der Waals surface area (Å²) < 4.78 is 17.8. The maximum atomic E-state index is 12.5. The summed E-state index contributed by atoms with van der Waals surface area (Å²) in [7, 11) is 4.52. The maximum absolute atomic E-state index is 12.5. The number of imidazole rings is 1. The molecule has 0 spiro atoms. The van der Waals surface area contributed by atoms with E-state index < -0.39 is 0 Å². The number of methoxy groups -OCH3 is 3. The van der Waals surface area contributed by atoms with Crippen molar-refractivity contribution in [2.45, 2.75) is 13.0 Å². The number of ether oxygens (including phenoxy) is 3. The minimum absolute atomic E-state index is 0.0904. The number of nitrogens with one attached hydrogen (secondary N) is 1. The van der Waals surface area contributed by atoms with E-state index in [1.807, 2.05) is 17.7 Å². The van der Waals surface area contributed by atoms with Gasteiger partial charge < -0.3 is 24.1 Å². The van der Waals surface area contributed by atoms with Gasteiger partial charge in [0.25, 0.3) is 5.91 Å². The van der Waals surface area contributed by atoms with E-state index >= 15 is 0 Å². The Morgan fingerprint density at radius 2 is 1.96 bits per heavy atom. The Morgan fingerprint density at radius 3 is 2.52 bits per heavy atom. The van der Waals surface area contributed by atoms with Crippen LogP contribution in [0.3, 0.4) is 0 Å². The Bertz CT molecular complexity index is 656. The van der Waals surface area contributed by atoms with E-state index in [0.29, 0.717) is 29.4 Å². The average Bonchev–Trinajstić information content (AvgIpc) is 3.12. The summed E-state index contributed by atoms with van der Waals surface area (Å²) >= 11 is 0. The molecule has 1 atom stereocenters. The summed E-state index contributed by atoms with van der Waals surface area (Å²) in [6, 6.07) is 3.42. The molecule has 0 saturated heterocycles. The monoisotopic (exact) mass is 319 g/mol. The highest BCUT2D eigenvalue weighted by molar-refractivity contribution is 5.98. The molecule has 1 heterocycles. The molecule has 1 unspecified atom stereocenters. The lowest BCUT2D eigenvalue weighted by atomic mass is 10.1. The molecule has 0 saturated carbocycles. The van der Waals surface area contributed by atoms with E-state index in [1.54, 1.807) is 24.7 Å². The molecule has 0 radical (unpaired) electrons. The molecule has 0 aliphatic rings. The molecule has 0 fully saturated rings. The number of benzene rings is 1. The fourth-order valence-corrected chi connectivity index (χ4v) is 2.25. The van der Waals surface area contributed by atoms with Gasteiger partial charge in [0.2, 0.25) is 5.75 Å². The highest BCUT2D eigenvalue weighted by Crippen LogP contribution is 2.39. The first-order chi connectivity index (χ1) is 11.1. The van der Waals surface area contributed by atoms with Crippen molar-refractivity contribution in [3.05, 3.63) is 36.4 Å². The molecule has 23 heavy (non-hydrogen) atoms. The van der Waals surface area contributed by atoms with Crippen LogP contribution in [0.1, 0.15) is 23.3 Å². The molecule has 1 aromatic carbocycles. The first kappa shape index (κ1) is 16.7. The van der Waals surface area contributed by atoms with Gasteiger partial charge >= 0.3 is 0 Å². The summed E-state index contributed by atoms with van der Waals surface area (Å²) in [5, 5.41) is 2.89. The standard InChI is InChI=1S/C16H21N3O4/c1-11(19-8-7-17-10-19)9-18-16(20)12-5-6-13(21-2)15(23-4)14(12)22-3/h5-8,10-11H,9H2,1-4H3,(H,18,20). The lowest BCUT2D eigenvalue weighted by molar-refractivity contribution is 0.0944. The lowest BCUT2D eigenvalue weighted by Crippen LogP contribution is -2.29. The van der Waals surface area contributed by atoms with Gasteiger partial charge in [-0.2, -0.15) is 0 Å². The zero-order valence-electron chi connectivity index (χ0n) is 13.7. The molecule has 2 rings (SSSR count). The Balaban J connectivity index is 2.15. The minimum Gasteiger partial charge on any atom is -0.493 e. The van der Waals surface area contributed by atoms with Crippen molar-refractivity contribution in [2.24, 2.45) is 0 Å². The van der Waals surface area contributed by atoms with E-state index in [4.69, 9.17) is 14.2 Å². The van der Waals surface area contributed by atoms with Crippen molar-refractivity contribution in [3.8, 4) is 17.2 Å². The van der Waals surface area contributed by atoms with Crippen molar-refractivity contribution in [3.63, 3.8) is 0 Å². The Morgan fingerprint density at radius 1 is 1.22 bits per heavy atom. The SMILES string of the molecule is COc1ccc(C(=O)NCC(C)n2ccnc2)c(OC)c1OC. The van der Waals surface area contributed by atoms with Crippen LogP contribution < -0.4 is 19.5 Å². The fraction of sp³-hybridized carbons (Fsp3) is 0.375. The summed E-state index contributed by atoms with van der Waals surface area (Å²) in [6.45, 7) is 2.46. The van der Waals surface area contributed by atoms with E-state index in [1.165, 1.54) is 21.3 Å². The normalized spacial score (nSPS) is 11.7. The second kappa shape index (κ2) is 7.53. The van der Waals surface area contributed by atoms with Crippen molar-refractivity contribution in [2.75, 3.05) is 27.9 Å². The number of aromatic nitrogens is 2. The van der Waals surface area contributed by atoms with Gasteiger partial charge in [-0.3, -0.25) is 4.79 Å². The van der Waals surface area contributed by atoms with Crippen LogP contribution in [-0.2, 0) is 0 Å². The van der Waals surface area contributed by atoms with E-state index in [-0.39, 0.29) is 11.9 Å². The van der Waals surface area contributed by atoms with Crippen molar-refractivity contribution < 1.29 is 19.0 Å². The summed E-state index contributed by atoms with van der Waals surface area (Å²) in [4.78, 5) is 16.5. The molecule has 2 aromatic rings. The van der Waals surface area contributed by atoms with Crippen LogP contribution in [0.25, 0.3) is 0 Å². The van der Waals surface area contributed by atoms with Crippen LogP contribution >= 0.6 is 0 Å². The lowest BCUT2D eigenvalue weighted by Gasteiger charge is -2.17. The first-order valence-corrected chi connectivity index (χ1v) is 7.17. The first-order valence-electron chi connectivity index (χ1n) is 7.17. The second-order valence-electron chi connectivity index (χ2n) is 4.95. The van der Waals surface area contributed by atoms with Gasteiger partial charge in [0.15, 0.2) is 11.5 Å². The quantitative estimate of drug-likeness (QED) is 0.843. The molecule has 124 valence electrons. The summed E-state index contributed by atoms with van der Waals surface area (Å²) in [6.07, 6.45) is 5.28. The molecule has 7 nitrogen and oxygen atoms in total. The van der Waals surface area contributed by atoms with Crippen LogP contribution in [-0.4, -0.2) is 43.3 Å². The zero-order chi connectivity index (χ0) is 16.8. The van der Waals surface area contributed by atoms with Crippen molar-refractivity contribution in [1.29, 1.82) is 0 Å². The van der Waals surface area contributed by atoms with Crippen molar-refractivity contribution in [1.82, 2.24) is 14.9 Å². The number of rotatable bonds is 7. The molecular weight excluding hydrogens is 298 g/mol. The Labute approximate surface area is 135 Å². The minimum atomic E-state index is -0.241. The van der Waals surface area contributed by atoms with Gasteiger partial charge in [-0.05, 0) is 19.1 Å². The molecule has 0 bridgehead atoms. The Hall–Kier alpha value is -2.70. The zero-order valence-corrected chi connectivity index (χ0v) is 13.7. The number of nitrogens with zero attached hydrogens (tertiary/aromatic N) is 2. The predicted molar refractivity (Wildman–Crippen MR) is 85.4 cm³/mol. The van der Waals surface area contributed by atoms with Crippen LogP contribution in [0.15, 0.2) is 30.9 Å². The molecule has 1 amide bonds. The van der Waals surface area contributed by atoms with Crippen LogP contribution in [0.2, 0.25) is 0 Å². The van der Waals surface area contributed by atoms with Crippen LogP contribution in [0.4, 0.5) is 0 Å². The van der Waals surface area contributed by atoms with Crippen LogP contribution in [0.5, 0.6) is 17.2 Å². The molecule has 0 aliphatic heterocycles. The number of carbonyl (C=O) groups excluding carboxylic acids is 1. The van der Waals surface area contributed by atoms with Gasteiger partial charge in [-0.15, -0.1) is 0 Å². The smallest absolute Gasteiger partial charge is 0.255 e. The van der Waals surface area contributed by atoms with Crippen LogP contribution in [0, 0.1) is 0 Å². The maximum Gasteiger partial charge on any atom is 0.255 e. The third-order valence-corrected chi connectivity index (χ3v) is 3.54. The third-order valence-electron chi connectivity index (χ3n) is 3.54. The number of hydrogen-bond donors (Lipinski definition) is 1. The van der Waals surface area contributed by atoms with E-state index in [9.17, 15) is 4.79 Å². The average molecular weight is 319 g/mol. The molecular formula is C16H21N3O4. The second-order valence-corrected chi connectivity index (χ2v) is 4.95. The van der Waals surface area contributed by atoms with Gasteiger partial charge in [0, 0.05) is 25.0 Å². The van der Waals surface area contributed by atoms with Gasteiger partial charge in [0.05, 0.1) is 33.2 Å². The van der Waals surface area contributed by atoms with E-state index in [2.05, 4.69) is 10.3 Å².